The number of carbonyl (C=O) groups is 1. The third kappa shape index (κ3) is 2.08. The normalized spacial score (nSPS) is 11.4. The number of hydrogen-bond donors (Lipinski definition) is 1. The number of halogens is 3. The summed E-state index contributed by atoms with van der Waals surface area (Å²) < 4.78 is 36.9. The Morgan fingerprint density at radius 2 is 2.14 bits per heavy atom. The lowest BCUT2D eigenvalue weighted by Gasteiger charge is -2.09. The van der Waals surface area contributed by atoms with Crippen LogP contribution in [0.25, 0.3) is 0 Å². The molecule has 0 amide bonds. The minimum absolute atomic E-state index is 0.464. The fourth-order valence-corrected chi connectivity index (χ4v) is 0.966. The van der Waals surface area contributed by atoms with Gasteiger partial charge in [-0.1, -0.05) is 0 Å². The Labute approximate surface area is 77.7 Å². The van der Waals surface area contributed by atoms with Crippen LogP contribution in [-0.4, -0.2) is 17.3 Å². The molecular weight excluding hydrogens is 197 g/mol. The molecule has 0 saturated carbocycles. The predicted octanol–water partition coefficient (Wildman–Crippen LogP) is 1.24. The average Bonchev–Trinajstić information content (AvgIpc) is 2.15. The van der Waals surface area contributed by atoms with Gasteiger partial charge in [0.1, 0.15) is 0 Å². The van der Waals surface area contributed by atoms with Crippen molar-refractivity contribution in [1.29, 1.82) is 0 Å². The zero-order valence-electron chi connectivity index (χ0n) is 7.01. The fourth-order valence-electron chi connectivity index (χ4n) is 0.966. The summed E-state index contributed by atoms with van der Waals surface area (Å²) in [5, 5.41) is 0. The van der Waals surface area contributed by atoms with Gasteiger partial charge in [0.2, 0.25) is 0 Å². The first kappa shape index (κ1) is 10.6. The van der Waals surface area contributed by atoms with E-state index < -0.39 is 29.8 Å². The molecule has 0 aliphatic carbocycles. The minimum atomic E-state index is -4.62. The van der Waals surface area contributed by atoms with Crippen LogP contribution in [0.4, 0.5) is 13.2 Å². The van der Waals surface area contributed by atoms with Crippen LogP contribution >= 0.6 is 0 Å². The van der Waals surface area contributed by atoms with Crippen LogP contribution in [0.3, 0.4) is 0 Å². The number of rotatable bonds is 2. The number of ketones is 1. The molecule has 1 rings (SSSR count). The van der Waals surface area contributed by atoms with Crippen molar-refractivity contribution < 1.29 is 18.0 Å². The standard InChI is InChI=1S/C8H7F3N2O/c9-8(10,11)7-5(6(14)4-12)2-1-3-13-7/h1-3H,4,12H2. The van der Waals surface area contributed by atoms with Gasteiger partial charge >= 0.3 is 6.18 Å². The molecule has 0 spiro atoms. The van der Waals surface area contributed by atoms with E-state index in [2.05, 4.69) is 4.98 Å². The van der Waals surface area contributed by atoms with Gasteiger partial charge in [-0.05, 0) is 12.1 Å². The molecule has 0 aromatic carbocycles. The number of nitrogens with zero attached hydrogens (tertiary/aromatic N) is 1. The molecule has 0 bridgehead atoms. The number of aromatic nitrogens is 1. The molecule has 1 aromatic heterocycles. The van der Waals surface area contributed by atoms with Gasteiger partial charge in [-0.15, -0.1) is 0 Å². The molecule has 1 aromatic rings. The molecule has 0 saturated heterocycles. The molecule has 0 radical (unpaired) electrons. The second-order valence-electron chi connectivity index (χ2n) is 2.52. The van der Waals surface area contributed by atoms with E-state index in [0.29, 0.717) is 0 Å². The number of nitrogens with two attached hydrogens (primary N) is 1. The Morgan fingerprint density at radius 1 is 1.50 bits per heavy atom. The lowest BCUT2D eigenvalue weighted by atomic mass is 10.1. The van der Waals surface area contributed by atoms with E-state index in [4.69, 9.17) is 5.73 Å². The van der Waals surface area contributed by atoms with Crippen molar-refractivity contribution in [2.75, 3.05) is 6.54 Å². The van der Waals surface area contributed by atoms with E-state index >= 15 is 0 Å². The number of pyridine rings is 1. The number of carbonyl (C=O) groups excluding carboxylic acids is 1. The average molecular weight is 204 g/mol. The molecule has 6 heteroatoms. The molecule has 1 heterocycles. The molecule has 0 atom stereocenters. The molecule has 0 fully saturated rings. The van der Waals surface area contributed by atoms with Crippen LogP contribution in [0.5, 0.6) is 0 Å². The van der Waals surface area contributed by atoms with Crippen LogP contribution < -0.4 is 5.73 Å². The highest BCUT2D eigenvalue weighted by Crippen LogP contribution is 2.29. The Morgan fingerprint density at radius 3 is 2.64 bits per heavy atom. The van der Waals surface area contributed by atoms with Gasteiger partial charge in [0.25, 0.3) is 0 Å². The molecule has 3 nitrogen and oxygen atoms in total. The molecule has 0 unspecified atom stereocenters. The van der Waals surface area contributed by atoms with Gasteiger partial charge in [0.05, 0.1) is 6.54 Å². The number of Topliss-reactive ketones (excluding diaryl/α,β-unsaturated/α-hetero) is 1. The lowest BCUT2D eigenvalue weighted by Crippen LogP contribution is -2.20. The summed E-state index contributed by atoms with van der Waals surface area (Å²) in [6, 6.07) is 2.32. The van der Waals surface area contributed by atoms with E-state index in [1.54, 1.807) is 0 Å². The van der Waals surface area contributed by atoms with Crippen LogP contribution in [0, 0.1) is 0 Å². The van der Waals surface area contributed by atoms with E-state index in [1.165, 1.54) is 6.07 Å². The maximum absolute atomic E-state index is 12.3. The Hall–Kier alpha value is -1.43. The third-order valence-electron chi connectivity index (χ3n) is 1.56. The third-order valence-corrected chi connectivity index (χ3v) is 1.56. The predicted molar refractivity (Wildman–Crippen MR) is 42.6 cm³/mol. The van der Waals surface area contributed by atoms with Crippen LogP contribution in [0.2, 0.25) is 0 Å². The molecule has 2 N–H and O–H groups in total. The summed E-state index contributed by atoms with van der Waals surface area (Å²) in [6.07, 6.45) is -3.64. The summed E-state index contributed by atoms with van der Waals surface area (Å²) in [4.78, 5) is 14.1. The van der Waals surface area contributed by atoms with Crippen LogP contribution in [-0.2, 0) is 6.18 Å². The van der Waals surface area contributed by atoms with Crippen molar-refractivity contribution in [2.24, 2.45) is 5.73 Å². The zero-order valence-corrected chi connectivity index (χ0v) is 7.01. The molecular formula is C8H7F3N2O. The van der Waals surface area contributed by atoms with E-state index in [0.717, 1.165) is 12.3 Å². The van der Waals surface area contributed by atoms with Crippen molar-refractivity contribution in [3.05, 3.63) is 29.6 Å². The highest BCUT2D eigenvalue weighted by Gasteiger charge is 2.36. The summed E-state index contributed by atoms with van der Waals surface area (Å²) in [5.41, 5.74) is 3.30. The maximum atomic E-state index is 12.3. The first-order valence-electron chi connectivity index (χ1n) is 3.72. The van der Waals surface area contributed by atoms with Gasteiger partial charge in [-0.2, -0.15) is 13.2 Å². The van der Waals surface area contributed by atoms with Gasteiger partial charge in [0.15, 0.2) is 11.5 Å². The largest absolute Gasteiger partial charge is 0.434 e. The van der Waals surface area contributed by atoms with Gasteiger partial charge in [0, 0.05) is 11.8 Å². The van der Waals surface area contributed by atoms with Crippen molar-refractivity contribution >= 4 is 5.78 Å². The summed E-state index contributed by atoms with van der Waals surface area (Å²) in [7, 11) is 0. The smallest absolute Gasteiger partial charge is 0.324 e. The van der Waals surface area contributed by atoms with Crippen LogP contribution in [0.1, 0.15) is 16.1 Å². The lowest BCUT2D eigenvalue weighted by molar-refractivity contribution is -0.141. The SMILES string of the molecule is NCC(=O)c1cccnc1C(F)(F)F. The number of hydrogen-bond acceptors (Lipinski definition) is 3. The van der Waals surface area contributed by atoms with Crippen molar-refractivity contribution in [3.8, 4) is 0 Å². The van der Waals surface area contributed by atoms with Crippen molar-refractivity contribution in [2.45, 2.75) is 6.18 Å². The Balaban J connectivity index is 3.23. The minimum Gasteiger partial charge on any atom is -0.324 e. The molecule has 76 valence electrons. The van der Waals surface area contributed by atoms with Gasteiger partial charge in [-0.25, -0.2) is 0 Å². The van der Waals surface area contributed by atoms with Crippen molar-refractivity contribution in [3.63, 3.8) is 0 Å². The monoisotopic (exact) mass is 204 g/mol. The Kier molecular flexibility index (Phi) is 2.85. The van der Waals surface area contributed by atoms with E-state index in [1.807, 2.05) is 0 Å². The second kappa shape index (κ2) is 3.75. The first-order valence-corrected chi connectivity index (χ1v) is 3.72. The highest BCUT2D eigenvalue weighted by molar-refractivity contribution is 5.98. The number of alkyl halides is 3. The van der Waals surface area contributed by atoms with Crippen LogP contribution in [0.15, 0.2) is 18.3 Å². The highest BCUT2D eigenvalue weighted by atomic mass is 19.4. The van der Waals surface area contributed by atoms with Gasteiger partial charge < -0.3 is 5.73 Å². The summed E-state index contributed by atoms with van der Waals surface area (Å²) in [5.74, 6) is -0.773. The van der Waals surface area contributed by atoms with E-state index in [9.17, 15) is 18.0 Å². The molecule has 0 aliphatic rings. The zero-order chi connectivity index (χ0) is 10.8. The maximum Gasteiger partial charge on any atom is 0.434 e. The Bertz CT molecular complexity index is 349. The van der Waals surface area contributed by atoms with Gasteiger partial charge in [-0.3, -0.25) is 9.78 Å². The van der Waals surface area contributed by atoms with Crippen molar-refractivity contribution in [1.82, 2.24) is 4.98 Å². The summed E-state index contributed by atoms with van der Waals surface area (Å²) in [6.45, 7) is -0.464. The topological polar surface area (TPSA) is 56.0 Å². The first-order chi connectivity index (χ1) is 6.46. The second-order valence-corrected chi connectivity index (χ2v) is 2.52. The molecule has 14 heavy (non-hydrogen) atoms. The quantitative estimate of drug-likeness (QED) is 0.737. The van der Waals surface area contributed by atoms with E-state index in [-0.39, 0.29) is 0 Å². The summed E-state index contributed by atoms with van der Waals surface area (Å²) >= 11 is 0. The molecule has 0 aliphatic heterocycles. The fraction of sp³-hybridized carbons (Fsp3) is 0.250.